The lowest BCUT2D eigenvalue weighted by molar-refractivity contribution is -0.134. The van der Waals surface area contributed by atoms with Crippen LogP contribution in [0.5, 0.6) is 0 Å². The molecule has 2 saturated heterocycles. The van der Waals surface area contributed by atoms with Crippen LogP contribution in [0, 0.1) is 11.7 Å². The number of hydrogen-bond donors (Lipinski definition) is 1. The van der Waals surface area contributed by atoms with E-state index in [4.69, 9.17) is 0 Å². The second-order valence-electron chi connectivity index (χ2n) is 8.61. The Balaban J connectivity index is 1.59. The summed E-state index contributed by atoms with van der Waals surface area (Å²) in [5.74, 6) is -0.146. The van der Waals surface area contributed by atoms with Crippen molar-refractivity contribution in [2.75, 3.05) is 71.9 Å². The SMILES string of the molecule is CN1CCN(CC2(O)CCN(c3ccc(F)cc3)CC2)CC(C(=O)N(C)C)C1. The molecule has 0 aromatic heterocycles. The summed E-state index contributed by atoms with van der Waals surface area (Å²) < 4.78 is 13.1. The molecule has 1 amide bonds. The minimum atomic E-state index is -0.745. The molecule has 1 N–H and O–H groups in total. The predicted molar refractivity (Wildman–Crippen MR) is 109 cm³/mol. The lowest BCUT2D eigenvalue weighted by Crippen LogP contribution is -2.52. The Kier molecular flexibility index (Phi) is 6.58. The van der Waals surface area contributed by atoms with Gasteiger partial charge in [-0.25, -0.2) is 4.39 Å². The van der Waals surface area contributed by atoms with Crippen LogP contribution in [0.1, 0.15) is 12.8 Å². The quantitative estimate of drug-likeness (QED) is 0.832. The van der Waals surface area contributed by atoms with E-state index in [0.717, 1.165) is 38.4 Å². The van der Waals surface area contributed by atoms with Gasteiger partial charge in [0.2, 0.25) is 5.91 Å². The summed E-state index contributed by atoms with van der Waals surface area (Å²) in [5, 5.41) is 11.2. The van der Waals surface area contributed by atoms with Crippen molar-refractivity contribution in [2.24, 2.45) is 5.92 Å². The average molecular weight is 393 g/mol. The number of likely N-dealkylation sites (N-methyl/N-ethyl adjacent to an activating group) is 1. The third-order valence-electron chi connectivity index (χ3n) is 6.00. The van der Waals surface area contributed by atoms with E-state index in [0.29, 0.717) is 25.9 Å². The van der Waals surface area contributed by atoms with E-state index in [1.54, 1.807) is 31.1 Å². The minimum absolute atomic E-state index is 0.0644. The molecule has 1 unspecified atom stereocenters. The molecule has 156 valence electrons. The molecular formula is C21H33FN4O2. The van der Waals surface area contributed by atoms with Crippen LogP contribution in [0.25, 0.3) is 0 Å². The smallest absolute Gasteiger partial charge is 0.227 e. The van der Waals surface area contributed by atoms with Gasteiger partial charge in [-0.05, 0) is 44.2 Å². The minimum Gasteiger partial charge on any atom is -0.388 e. The van der Waals surface area contributed by atoms with Gasteiger partial charge in [0.05, 0.1) is 11.5 Å². The van der Waals surface area contributed by atoms with E-state index in [1.165, 1.54) is 12.1 Å². The number of β-amino-alcohol motifs (C(OH)–C–C–N with tert-alkyl or cyclic N) is 1. The summed E-state index contributed by atoms with van der Waals surface area (Å²) in [7, 11) is 5.65. The van der Waals surface area contributed by atoms with E-state index < -0.39 is 5.60 Å². The monoisotopic (exact) mass is 392 g/mol. The summed E-state index contributed by atoms with van der Waals surface area (Å²) in [6.45, 7) is 5.28. The first-order valence-corrected chi connectivity index (χ1v) is 10.1. The largest absolute Gasteiger partial charge is 0.388 e. The van der Waals surface area contributed by atoms with Gasteiger partial charge in [0.1, 0.15) is 5.82 Å². The third kappa shape index (κ3) is 5.21. The maximum absolute atomic E-state index is 13.1. The van der Waals surface area contributed by atoms with Crippen LogP contribution < -0.4 is 4.90 Å². The van der Waals surface area contributed by atoms with Gasteiger partial charge < -0.3 is 19.8 Å². The number of halogens is 1. The van der Waals surface area contributed by atoms with Crippen molar-refractivity contribution in [3.8, 4) is 0 Å². The molecule has 28 heavy (non-hydrogen) atoms. The number of anilines is 1. The molecule has 2 fully saturated rings. The van der Waals surface area contributed by atoms with E-state index >= 15 is 0 Å². The number of hydrogen-bond acceptors (Lipinski definition) is 5. The molecular weight excluding hydrogens is 359 g/mol. The number of carbonyl (C=O) groups is 1. The molecule has 2 aliphatic rings. The Labute approximate surface area is 167 Å². The van der Waals surface area contributed by atoms with Gasteiger partial charge in [0.15, 0.2) is 0 Å². The van der Waals surface area contributed by atoms with Crippen LogP contribution in [0.4, 0.5) is 10.1 Å². The van der Waals surface area contributed by atoms with Gasteiger partial charge in [0.25, 0.3) is 0 Å². The first kappa shape index (κ1) is 21.0. The number of carbonyl (C=O) groups excluding carboxylic acids is 1. The van der Waals surface area contributed by atoms with Crippen molar-refractivity contribution in [2.45, 2.75) is 18.4 Å². The zero-order chi connectivity index (χ0) is 20.3. The second kappa shape index (κ2) is 8.76. The number of piperidine rings is 1. The average Bonchev–Trinajstić information content (AvgIpc) is 2.83. The Hall–Kier alpha value is -1.70. The van der Waals surface area contributed by atoms with Crippen molar-refractivity contribution in [3.63, 3.8) is 0 Å². The van der Waals surface area contributed by atoms with Crippen LogP contribution in [0.15, 0.2) is 24.3 Å². The normalized spacial score (nSPS) is 24.0. The third-order valence-corrected chi connectivity index (χ3v) is 6.00. The highest BCUT2D eigenvalue weighted by molar-refractivity contribution is 5.78. The predicted octanol–water partition coefficient (Wildman–Crippen LogP) is 1.11. The highest BCUT2D eigenvalue weighted by atomic mass is 19.1. The zero-order valence-electron chi connectivity index (χ0n) is 17.3. The Morgan fingerprint density at radius 3 is 2.39 bits per heavy atom. The van der Waals surface area contributed by atoms with Gasteiger partial charge in [-0.2, -0.15) is 0 Å². The van der Waals surface area contributed by atoms with Gasteiger partial charge in [-0.15, -0.1) is 0 Å². The number of nitrogens with zero attached hydrogens (tertiary/aromatic N) is 4. The molecule has 3 rings (SSSR count). The van der Waals surface area contributed by atoms with E-state index in [9.17, 15) is 14.3 Å². The number of aliphatic hydroxyl groups is 1. The molecule has 6 nitrogen and oxygen atoms in total. The fourth-order valence-corrected chi connectivity index (χ4v) is 4.31. The topological polar surface area (TPSA) is 50.3 Å². The van der Waals surface area contributed by atoms with Crippen molar-refractivity contribution in [1.29, 1.82) is 0 Å². The molecule has 0 saturated carbocycles. The highest BCUT2D eigenvalue weighted by Crippen LogP contribution is 2.28. The van der Waals surface area contributed by atoms with Gasteiger partial charge in [0, 0.05) is 65.6 Å². The van der Waals surface area contributed by atoms with Crippen LogP contribution in [-0.2, 0) is 4.79 Å². The first-order chi connectivity index (χ1) is 13.3. The maximum atomic E-state index is 13.1. The molecule has 2 aliphatic heterocycles. The van der Waals surface area contributed by atoms with Crippen LogP contribution in [0.2, 0.25) is 0 Å². The first-order valence-electron chi connectivity index (χ1n) is 10.1. The van der Waals surface area contributed by atoms with Crippen LogP contribution >= 0.6 is 0 Å². The molecule has 1 aromatic carbocycles. The molecule has 2 heterocycles. The Morgan fingerprint density at radius 1 is 1.14 bits per heavy atom. The van der Waals surface area contributed by atoms with E-state index in [1.807, 2.05) is 0 Å². The molecule has 1 aromatic rings. The zero-order valence-corrected chi connectivity index (χ0v) is 17.3. The lowest BCUT2D eigenvalue weighted by Gasteiger charge is -2.42. The molecule has 7 heteroatoms. The molecule has 0 aliphatic carbocycles. The standard InChI is InChI=1S/C21H33FN4O2/c1-23(2)20(27)17-14-24(3)12-13-25(15-17)16-21(28)8-10-26(11-9-21)19-6-4-18(22)5-7-19/h4-7,17,28H,8-16H2,1-3H3. The van der Waals surface area contributed by atoms with Gasteiger partial charge in [-0.3, -0.25) is 9.69 Å². The second-order valence-corrected chi connectivity index (χ2v) is 8.61. The van der Waals surface area contributed by atoms with Crippen molar-refractivity contribution in [1.82, 2.24) is 14.7 Å². The van der Waals surface area contributed by atoms with Crippen molar-refractivity contribution < 1.29 is 14.3 Å². The Morgan fingerprint density at radius 2 is 1.79 bits per heavy atom. The van der Waals surface area contributed by atoms with Crippen molar-refractivity contribution in [3.05, 3.63) is 30.1 Å². The Bertz CT molecular complexity index is 659. The van der Waals surface area contributed by atoms with E-state index in [-0.39, 0.29) is 17.6 Å². The van der Waals surface area contributed by atoms with Gasteiger partial charge in [-0.1, -0.05) is 0 Å². The van der Waals surface area contributed by atoms with Crippen LogP contribution in [0.3, 0.4) is 0 Å². The fourth-order valence-electron chi connectivity index (χ4n) is 4.31. The molecule has 0 bridgehead atoms. The van der Waals surface area contributed by atoms with E-state index in [2.05, 4.69) is 21.7 Å². The van der Waals surface area contributed by atoms with Crippen molar-refractivity contribution >= 4 is 11.6 Å². The number of benzene rings is 1. The highest BCUT2D eigenvalue weighted by Gasteiger charge is 2.36. The molecule has 1 atom stereocenters. The maximum Gasteiger partial charge on any atom is 0.227 e. The summed E-state index contributed by atoms with van der Waals surface area (Å²) in [4.78, 5) is 20.8. The lowest BCUT2D eigenvalue weighted by atomic mass is 9.90. The summed E-state index contributed by atoms with van der Waals surface area (Å²) in [5.41, 5.74) is 0.252. The molecule has 0 spiro atoms. The van der Waals surface area contributed by atoms with Gasteiger partial charge >= 0.3 is 0 Å². The fraction of sp³-hybridized carbons (Fsp3) is 0.667. The number of amides is 1. The summed E-state index contributed by atoms with van der Waals surface area (Å²) in [6.07, 6.45) is 1.34. The summed E-state index contributed by atoms with van der Waals surface area (Å²) >= 11 is 0. The van der Waals surface area contributed by atoms with Crippen LogP contribution in [-0.4, -0.2) is 98.3 Å². The molecule has 0 radical (unpaired) electrons. The summed E-state index contributed by atoms with van der Waals surface area (Å²) in [6, 6.07) is 6.54. The number of rotatable bonds is 4.